The minimum absolute atomic E-state index is 0.355. The predicted octanol–water partition coefficient (Wildman–Crippen LogP) is 3.10. The maximum Gasteiger partial charge on any atom is 0.175 e. The first-order valence-electron chi connectivity index (χ1n) is 6.41. The first-order valence-corrected chi connectivity index (χ1v) is 7.20. The SMILES string of the molecule is CCc1c(CC(C)O)cc(Br)c2c1OCCCO2. The van der Waals surface area contributed by atoms with Crippen molar-refractivity contribution < 1.29 is 14.6 Å². The molecule has 100 valence electrons. The molecular formula is C14H19BrO3. The van der Waals surface area contributed by atoms with Crippen molar-refractivity contribution in [3.05, 3.63) is 21.7 Å². The molecule has 0 amide bonds. The van der Waals surface area contributed by atoms with Gasteiger partial charge in [-0.2, -0.15) is 0 Å². The average Bonchev–Trinajstić information content (AvgIpc) is 2.54. The van der Waals surface area contributed by atoms with Crippen molar-refractivity contribution in [1.29, 1.82) is 0 Å². The summed E-state index contributed by atoms with van der Waals surface area (Å²) in [5.74, 6) is 1.65. The third-order valence-electron chi connectivity index (χ3n) is 3.04. The standard InChI is InChI=1S/C14H19BrO3/c1-3-11-10(7-9(2)16)8-12(15)14-13(11)17-5-4-6-18-14/h8-9,16H,3-7H2,1-2H3. The number of aliphatic hydroxyl groups is 1. The second-order valence-electron chi connectivity index (χ2n) is 4.61. The number of hydrogen-bond donors (Lipinski definition) is 1. The Bertz CT molecular complexity index is 430. The van der Waals surface area contributed by atoms with Crippen LogP contribution in [0.2, 0.25) is 0 Å². The van der Waals surface area contributed by atoms with Gasteiger partial charge in [-0.05, 0) is 47.3 Å². The Balaban J connectivity index is 2.50. The Morgan fingerprint density at radius 1 is 1.33 bits per heavy atom. The topological polar surface area (TPSA) is 38.7 Å². The van der Waals surface area contributed by atoms with Crippen molar-refractivity contribution >= 4 is 15.9 Å². The number of benzene rings is 1. The Hall–Kier alpha value is -0.740. The number of fused-ring (bicyclic) bond motifs is 1. The lowest BCUT2D eigenvalue weighted by Crippen LogP contribution is -2.08. The quantitative estimate of drug-likeness (QED) is 0.931. The summed E-state index contributed by atoms with van der Waals surface area (Å²) in [5.41, 5.74) is 2.28. The lowest BCUT2D eigenvalue weighted by atomic mass is 9.98. The third kappa shape index (κ3) is 2.81. The third-order valence-corrected chi connectivity index (χ3v) is 3.63. The molecule has 1 aliphatic rings. The summed E-state index contributed by atoms with van der Waals surface area (Å²) in [7, 11) is 0. The molecule has 1 N–H and O–H groups in total. The Morgan fingerprint density at radius 2 is 2.00 bits per heavy atom. The number of halogens is 1. The van der Waals surface area contributed by atoms with E-state index in [1.807, 2.05) is 6.07 Å². The summed E-state index contributed by atoms with van der Waals surface area (Å²) in [4.78, 5) is 0. The normalized spacial score (nSPS) is 16.2. The zero-order valence-corrected chi connectivity index (χ0v) is 12.4. The van der Waals surface area contributed by atoms with Crippen LogP contribution >= 0.6 is 15.9 Å². The summed E-state index contributed by atoms with van der Waals surface area (Å²) >= 11 is 3.53. The molecule has 0 aromatic heterocycles. The van der Waals surface area contributed by atoms with Crippen LogP contribution in [0.1, 0.15) is 31.4 Å². The molecule has 18 heavy (non-hydrogen) atoms. The molecule has 4 heteroatoms. The highest BCUT2D eigenvalue weighted by Gasteiger charge is 2.21. The Kier molecular flexibility index (Phi) is 4.51. The van der Waals surface area contributed by atoms with Gasteiger partial charge in [0.1, 0.15) is 0 Å². The van der Waals surface area contributed by atoms with Crippen LogP contribution < -0.4 is 9.47 Å². The first-order chi connectivity index (χ1) is 8.63. The summed E-state index contributed by atoms with van der Waals surface area (Å²) < 4.78 is 12.5. The lowest BCUT2D eigenvalue weighted by molar-refractivity contribution is 0.195. The van der Waals surface area contributed by atoms with Crippen LogP contribution in [0.25, 0.3) is 0 Å². The lowest BCUT2D eigenvalue weighted by Gasteiger charge is -2.18. The van der Waals surface area contributed by atoms with E-state index in [1.165, 1.54) is 0 Å². The van der Waals surface area contributed by atoms with E-state index in [0.29, 0.717) is 19.6 Å². The van der Waals surface area contributed by atoms with E-state index < -0.39 is 0 Å². The van der Waals surface area contributed by atoms with Crippen molar-refractivity contribution in [1.82, 2.24) is 0 Å². The highest BCUT2D eigenvalue weighted by atomic mass is 79.9. The molecule has 0 bridgehead atoms. The van der Waals surface area contributed by atoms with Gasteiger partial charge in [-0.1, -0.05) is 6.92 Å². The highest BCUT2D eigenvalue weighted by molar-refractivity contribution is 9.10. The first kappa shape index (κ1) is 13.7. The van der Waals surface area contributed by atoms with Crippen molar-refractivity contribution in [2.24, 2.45) is 0 Å². The highest BCUT2D eigenvalue weighted by Crippen LogP contribution is 2.42. The molecule has 1 heterocycles. The van der Waals surface area contributed by atoms with Crippen molar-refractivity contribution in [2.45, 2.75) is 39.2 Å². The minimum Gasteiger partial charge on any atom is -0.489 e. The van der Waals surface area contributed by atoms with Gasteiger partial charge in [0.15, 0.2) is 11.5 Å². The van der Waals surface area contributed by atoms with Gasteiger partial charge in [0.05, 0.1) is 23.8 Å². The van der Waals surface area contributed by atoms with Crippen LogP contribution in [-0.4, -0.2) is 24.4 Å². The van der Waals surface area contributed by atoms with Gasteiger partial charge in [0, 0.05) is 12.0 Å². The van der Waals surface area contributed by atoms with Crippen LogP contribution in [0.15, 0.2) is 10.5 Å². The summed E-state index contributed by atoms with van der Waals surface area (Å²) in [6, 6.07) is 2.04. The van der Waals surface area contributed by atoms with Crippen molar-refractivity contribution in [3.8, 4) is 11.5 Å². The molecule has 3 nitrogen and oxygen atoms in total. The molecule has 1 atom stereocenters. The second kappa shape index (κ2) is 5.93. The molecule has 1 aromatic rings. The van der Waals surface area contributed by atoms with Gasteiger partial charge in [-0.3, -0.25) is 0 Å². The van der Waals surface area contributed by atoms with E-state index in [2.05, 4.69) is 22.9 Å². The summed E-state index contributed by atoms with van der Waals surface area (Å²) in [6.07, 6.45) is 2.06. The fourth-order valence-corrected chi connectivity index (χ4v) is 2.85. The van der Waals surface area contributed by atoms with Gasteiger partial charge in [0.25, 0.3) is 0 Å². The fraction of sp³-hybridized carbons (Fsp3) is 0.571. The van der Waals surface area contributed by atoms with E-state index >= 15 is 0 Å². The molecule has 0 saturated carbocycles. The average molecular weight is 315 g/mol. The molecule has 2 rings (SSSR count). The summed E-state index contributed by atoms with van der Waals surface area (Å²) in [6.45, 7) is 5.27. The van der Waals surface area contributed by atoms with Crippen LogP contribution in [-0.2, 0) is 12.8 Å². The van der Waals surface area contributed by atoms with Gasteiger partial charge in [0.2, 0.25) is 0 Å². The van der Waals surface area contributed by atoms with Gasteiger partial charge >= 0.3 is 0 Å². The number of hydrogen-bond acceptors (Lipinski definition) is 3. The molecule has 0 aliphatic carbocycles. The minimum atomic E-state index is -0.355. The zero-order valence-electron chi connectivity index (χ0n) is 10.8. The maximum absolute atomic E-state index is 9.59. The van der Waals surface area contributed by atoms with E-state index in [-0.39, 0.29) is 6.10 Å². The smallest absolute Gasteiger partial charge is 0.175 e. The molecular weight excluding hydrogens is 296 g/mol. The van der Waals surface area contributed by atoms with Gasteiger partial charge in [-0.15, -0.1) is 0 Å². The van der Waals surface area contributed by atoms with Crippen LogP contribution in [0.5, 0.6) is 11.5 Å². The molecule has 1 aromatic carbocycles. The molecule has 0 fully saturated rings. The van der Waals surface area contributed by atoms with Crippen molar-refractivity contribution in [2.75, 3.05) is 13.2 Å². The molecule has 0 spiro atoms. The molecule has 0 radical (unpaired) electrons. The van der Waals surface area contributed by atoms with Crippen molar-refractivity contribution in [3.63, 3.8) is 0 Å². The van der Waals surface area contributed by atoms with E-state index in [0.717, 1.165) is 39.9 Å². The molecule has 0 saturated heterocycles. The molecule has 1 unspecified atom stereocenters. The molecule has 1 aliphatic heterocycles. The van der Waals surface area contributed by atoms with Crippen LogP contribution in [0.4, 0.5) is 0 Å². The van der Waals surface area contributed by atoms with Gasteiger partial charge < -0.3 is 14.6 Å². The summed E-state index contributed by atoms with van der Waals surface area (Å²) in [5, 5.41) is 9.59. The zero-order chi connectivity index (χ0) is 13.1. The monoisotopic (exact) mass is 314 g/mol. The van der Waals surface area contributed by atoms with Gasteiger partial charge in [-0.25, -0.2) is 0 Å². The van der Waals surface area contributed by atoms with Crippen LogP contribution in [0.3, 0.4) is 0 Å². The predicted molar refractivity (Wildman–Crippen MR) is 74.5 cm³/mol. The second-order valence-corrected chi connectivity index (χ2v) is 5.47. The van der Waals surface area contributed by atoms with E-state index in [1.54, 1.807) is 6.92 Å². The van der Waals surface area contributed by atoms with Crippen LogP contribution in [0, 0.1) is 0 Å². The number of ether oxygens (including phenoxy) is 2. The van der Waals surface area contributed by atoms with E-state index in [4.69, 9.17) is 9.47 Å². The largest absolute Gasteiger partial charge is 0.489 e. The van der Waals surface area contributed by atoms with E-state index in [9.17, 15) is 5.11 Å². The fourth-order valence-electron chi connectivity index (χ4n) is 2.28. The Labute approximate surface area is 116 Å². The number of aliphatic hydroxyl groups excluding tert-OH is 1. The maximum atomic E-state index is 9.59. The number of rotatable bonds is 3. The Morgan fingerprint density at radius 3 is 2.61 bits per heavy atom.